The molecule has 11 heavy (non-hydrogen) atoms. The molecular formula is C7H13NO3. The van der Waals surface area contributed by atoms with Crippen molar-refractivity contribution in [2.75, 3.05) is 13.6 Å². The van der Waals surface area contributed by atoms with Crippen molar-refractivity contribution in [3.8, 4) is 0 Å². The number of nitrogens with one attached hydrogen (secondary N) is 1. The van der Waals surface area contributed by atoms with Crippen molar-refractivity contribution in [2.45, 2.75) is 13.3 Å². The molecule has 4 heteroatoms. The Morgan fingerprint density at radius 1 is 1.73 bits per heavy atom. The lowest BCUT2D eigenvalue weighted by Gasteiger charge is -2.16. The Morgan fingerprint density at radius 3 is 2.55 bits per heavy atom. The summed E-state index contributed by atoms with van der Waals surface area (Å²) < 4.78 is 0. The summed E-state index contributed by atoms with van der Waals surface area (Å²) in [6.45, 7) is 1.95. The van der Waals surface area contributed by atoms with Gasteiger partial charge in [0.2, 0.25) is 0 Å². The molecule has 2 N–H and O–H groups in total. The Balaban J connectivity index is 4.10. The highest BCUT2D eigenvalue weighted by Gasteiger charge is 2.31. The molecule has 1 unspecified atom stereocenters. The second kappa shape index (κ2) is 4.08. The van der Waals surface area contributed by atoms with Gasteiger partial charge in [-0.25, -0.2) is 0 Å². The Morgan fingerprint density at radius 2 is 2.27 bits per heavy atom. The third-order valence-corrected chi connectivity index (χ3v) is 1.64. The Kier molecular flexibility index (Phi) is 3.74. The fourth-order valence-corrected chi connectivity index (χ4v) is 0.601. The van der Waals surface area contributed by atoms with Crippen molar-refractivity contribution in [2.24, 2.45) is 5.41 Å². The first kappa shape index (κ1) is 10.1. The summed E-state index contributed by atoms with van der Waals surface area (Å²) in [5, 5.41) is 11.4. The van der Waals surface area contributed by atoms with Crippen molar-refractivity contribution >= 4 is 12.3 Å². The number of hydrogen-bond acceptors (Lipinski definition) is 3. The van der Waals surface area contributed by atoms with Crippen LogP contribution >= 0.6 is 0 Å². The predicted molar refractivity (Wildman–Crippen MR) is 40.4 cm³/mol. The van der Waals surface area contributed by atoms with E-state index in [9.17, 15) is 9.59 Å². The van der Waals surface area contributed by atoms with Gasteiger partial charge in [0, 0.05) is 0 Å². The van der Waals surface area contributed by atoms with Crippen LogP contribution in [0.4, 0.5) is 0 Å². The molecule has 0 aromatic heterocycles. The van der Waals surface area contributed by atoms with Crippen LogP contribution in [0.3, 0.4) is 0 Å². The first-order chi connectivity index (χ1) is 5.06. The van der Waals surface area contributed by atoms with E-state index in [4.69, 9.17) is 5.11 Å². The van der Waals surface area contributed by atoms with E-state index >= 15 is 0 Å². The molecule has 64 valence electrons. The number of carboxylic acids is 1. The maximum Gasteiger partial charge on any atom is 0.316 e. The van der Waals surface area contributed by atoms with Crippen LogP contribution < -0.4 is 5.32 Å². The Bertz CT molecular complexity index is 158. The van der Waals surface area contributed by atoms with Gasteiger partial charge in [-0.05, 0) is 26.9 Å². The van der Waals surface area contributed by atoms with Gasteiger partial charge in [-0.15, -0.1) is 0 Å². The van der Waals surface area contributed by atoms with Crippen LogP contribution in [0.5, 0.6) is 0 Å². The van der Waals surface area contributed by atoms with E-state index in [-0.39, 0.29) is 0 Å². The lowest BCUT2D eigenvalue weighted by molar-refractivity contribution is -0.150. The lowest BCUT2D eigenvalue weighted by Crippen LogP contribution is -2.32. The molecule has 0 bridgehead atoms. The van der Waals surface area contributed by atoms with Crippen LogP contribution in [0.15, 0.2) is 0 Å². The fraction of sp³-hybridized carbons (Fsp3) is 0.714. The van der Waals surface area contributed by atoms with Crippen molar-refractivity contribution in [1.29, 1.82) is 0 Å². The first-order valence-corrected chi connectivity index (χ1v) is 3.41. The maximum atomic E-state index is 10.5. The number of carbonyl (C=O) groups is 2. The number of aliphatic carboxylic acids is 1. The van der Waals surface area contributed by atoms with E-state index in [1.165, 1.54) is 6.92 Å². The predicted octanol–water partition coefficient (Wildman–Crippen LogP) is -0.114. The van der Waals surface area contributed by atoms with Gasteiger partial charge in [-0.2, -0.15) is 0 Å². The monoisotopic (exact) mass is 159 g/mol. The smallest absolute Gasteiger partial charge is 0.316 e. The topological polar surface area (TPSA) is 66.4 Å². The molecule has 4 nitrogen and oxygen atoms in total. The minimum atomic E-state index is -1.23. The van der Waals surface area contributed by atoms with Crippen molar-refractivity contribution in [3.63, 3.8) is 0 Å². The molecule has 0 spiro atoms. The molecule has 0 aromatic carbocycles. The van der Waals surface area contributed by atoms with Crippen LogP contribution in [-0.4, -0.2) is 31.0 Å². The first-order valence-electron chi connectivity index (χ1n) is 3.41. The standard InChI is InChI=1S/C7H13NO3/c1-7(5-9,6(10)11)3-4-8-2/h5,8H,3-4H2,1-2H3,(H,10,11). The molecule has 1 atom stereocenters. The molecular weight excluding hydrogens is 146 g/mol. The van der Waals surface area contributed by atoms with Crippen molar-refractivity contribution < 1.29 is 14.7 Å². The molecule has 0 aliphatic carbocycles. The second-order valence-corrected chi connectivity index (χ2v) is 2.69. The average Bonchev–Trinajstić information content (AvgIpc) is 2.00. The summed E-state index contributed by atoms with van der Waals surface area (Å²) in [7, 11) is 1.72. The summed E-state index contributed by atoms with van der Waals surface area (Å²) in [5.74, 6) is -1.07. The zero-order chi connectivity index (χ0) is 8.91. The van der Waals surface area contributed by atoms with E-state index in [1.54, 1.807) is 7.05 Å². The van der Waals surface area contributed by atoms with Crippen molar-refractivity contribution in [3.05, 3.63) is 0 Å². The van der Waals surface area contributed by atoms with Gasteiger partial charge in [-0.3, -0.25) is 4.79 Å². The zero-order valence-corrected chi connectivity index (χ0v) is 6.76. The number of carbonyl (C=O) groups excluding carboxylic acids is 1. The van der Waals surface area contributed by atoms with E-state index in [0.717, 1.165) is 0 Å². The number of hydrogen-bond donors (Lipinski definition) is 2. The molecule has 0 heterocycles. The van der Waals surface area contributed by atoms with E-state index < -0.39 is 11.4 Å². The van der Waals surface area contributed by atoms with Gasteiger partial charge in [0.15, 0.2) is 0 Å². The number of carboxylic acid groups (broad SMARTS) is 1. The van der Waals surface area contributed by atoms with Gasteiger partial charge in [0.1, 0.15) is 11.7 Å². The molecule has 0 saturated heterocycles. The van der Waals surface area contributed by atoms with Crippen LogP contribution in [0.1, 0.15) is 13.3 Å². The van der Waals surface area contributed by atoms with Crippen LogP contribution in [-0.2, 0) is 9.59 Å². The van der Waals surface area contributed by atoms with Gasteiger partial charge in [-0.1, -0.05) is 0 Å². The molecule has 0 aromatic rings. The third kappa shape index (κ3) is 2.67. The maximum absolute atomic E-state index is 10.5. The van der Waals surface area contributed by atoms with E-state index in [0.29, 0.717) is 19.3 Å². The summed E-state index contributed by atoms with van der Waals surface area (Å²) in [4.78, 5) is 20.9. The zero-order valence-electron chi connectivity index (χ0n) is 6.76. The summed E-state index contributed by atoms with van der Waals surface area (Å²) in [5.41, 5.74) is -1.23. The minimum absolute atomic E-state index is 0.322. The van der Waals surface area contributed by atoms with Crippen LogP contribution in [0.25, 0.3) is 0 Å². The summed E-state index contributed by atoms with van der Waals surface area (Å²) in [6, 6.07) is 0. The van der Waals surface area contributed by atoms with Gasteiger partial charge >= 0.3 is 5.97 Å². The van der Waals surface area contributed by atoms with Crippen LogP contribution in [0.2, 0.25) is 0 Å². The molecule has 0 aliphatic rings. The highest BCUT2D eigenvalue weighted by atomic mass is 16.4. The highest BCUT2D eigenvalue weighted by Crippen LogP contribution is 2.17. The van der Waals surface area contributed by atoms with Crippen molar-refractivity contribution in [1.82, 2.24) is 5.32 Å². The fourth-order valence-electron chi connectivity index (χ4n) is 0.601. The SMILES string of the molecule is CNCCC(C)(C=O)C(=O)O. The lowest BCUT2D eigenvalue weighted by atomic mass is 9.89. The molecule has 0 saturated carbocycles. The number of rotatable bonds is 5. The molecule has 0 amide bonds. The molecule has 0 radical (unpaired) electrons. The molecule has 0 rings (SSSR count). The van der Waals surface area contributed by atoms with E-state index in [1.807, 2.05) is 0 Å². The van der Waals surface area contributed by atoms with Gasteiger partial charge in [0.25, 0.3) is 0 Å². The van der Waals surface area contributed by atoms with Crippen LogP contribution in [0, 0.1) is 5.41 Å². The molecule has 0 fully saturated rings. The Hall–Kier alpha value is -0.900. The summed E-state index contributed by atoms with van der Waals surface area (Å²) in [6.07, 6.45) is 0.801. The highest BCUT2D eigenvalue weighted by molar-refractivity contribution is 5.91. The van der Waals surface area contributed by atoms with Gasteiger partial charge in [0.05, 0.1) is 0 Å². The molecule has 0 aliphatic heterocycles. The third-order valence-electron chi connectivity index (χ3n) is 1.64. The van der Waals surface area contributed by atoms with Gasteiger partial charge < -0.3 is 15.2 Å². The normalized spacial score (nSPS) is 15.5. The quantitative estimate of drug-likeness (QED) is 0.433. The second-order valence-electron chi connectivity index (χ2n) is 2.69. The minimum Gasteiger partial charge on any atom is -0.481 e. The largest absolute Gasteiger partial charge is 0.481 e. The van der Waals surface area contributed by atoms with E-state index in [2.05, 4.69) is 5.32 Å². The average molecular weight is 159 g/mol. The number of aldehydes is 1. The summed E-state index contributed by atoms with van der Waals surface area (Å²) >= 11 is 0. The Labute approximate surface area is 65.6 Å².